The summed E-state index contributed by atoms with van der Waals surface area (Å²) in [6.07, 6.45) is 25.9. The van der Waals surface area contributed by atoms with Gasteiger partial charge in [-0.1, -0.05) is 76.5 Å². The lowest BCUT2D eigenvalue weighted by Crippen LogP contribution is -1.91. The van der Waals surface area contributed by atoms with Gasteiger partial charge in [0.15, 0.2) is 5.78 Å². The van der Waals surface area contributed by atoms with E-state index in [2.05, 4.69) is 19.1 Å². The largest absolute Gasteiger partial charge is 0.295 e. The van der Waals surface area contributed by atoms with Crippen molar-refractivity contribution in [2.24, 2.45) is 0 Å². The summed E-state index contributed by atoms with van der Waals surface area (Å²) in [7, 11) is 0. The molecule has 0 rings (SSSR count). The highest BCUT2D eigenvalue weighted by molar-refractivity contribution is 5.89. The lowest BCUT2D eigenvalue weighted by Gasteiger charge is -1.99. The summed E-state index contributed by atoms with van der Waals surface area (Å²) in [5, 5.41) is 0. The minimum absolute atomic E-state index is 0.278. The van der Waals surface area contributed by atoms with Crippen LogP contribution in [0.4, 0.5) is 0 Å². The molecule has 1 heteroatoms. The molecule has 128 valence electrons. The second-order valence-corrected chi connectivity index (χ2v) is 6.30. The number of ketones is 1. The average Bonchev–Trinajstić information content (AvgIpc) is 2.51. The molecule has 0 radical (unpaired) electrons. The minimum Gasteiger partial charge on any atom is -0.295 e. The number of rotatable bonds is 16. The Balaban J connectivity index is 3.16. The summed E-state index contributed by atoms with van der Waals surface area (Å²) in [6, 6.07) is 0. The summed E-state index contributed by atoms with van der Waals surface area (Å²) < 4.78 is 0. The van der Waals surface area contributed by atoms with Gasteiger partial charge in [-0.15, -0.1) is 0 Å². The molecular weight excluding hydrogens is 268 g/mol. The Morgan fingerprint density at radius 1 is 0.727 bits per heavy atom. The maximum absolute atomic E-state index is 11.3. The lowest BCUT2D eigenvalue weighted by atomic mass is 10.1. The van der Waals surface area contributed by atoms with Gasteiger partial charge in [0.05, 0.1) is 0 Å². The van der Waals surface area contributed by atoms with Crippen molar-refractivity contribution in [2.45, 2.75) is 104 Å². The molecule has 0 aliphatic carbocycles. The van der Waals surface area contributed by atoms with E-state index in [0.29, 0.717) is 0 Å². The molecule has 0 unspecified atom stereocenters. The number of carbonyl (C=O) groups is 1. The summed E-state index contributed by atoms with van der Waals surface area (Å²) in [5.41, 5.74) is 0. The monoisotopic (exact) mass is 306 g/mol. The maximum Gasteiger partial charge on any atom is 0.155 e. The molecule has 0 saturated heterocycles. The molecule has 0 bridgehead atoms. The van der Waals surface area contributed by atoms with Crippen molar-refractivity contribution in [3.05, 3.63) is 24.3 Å². The predicted octanol–water partition coefficient (Wildman–Crippen LogP) is 7.17. The fourth-order valence-electron chi connectivity index (χ4n) is 2.64. The third-order valence-corrected chi connectivity index (χ3v) is 4.04. The molecule has 0 aliphatic heterocycles. The van der Waals surface area contributed by atoms with Gasteiger partial charge in [-0.3, -0.25) is 4.79 Å². The van der Waals surface area contributed by atoms with Crippen molar-refractivity contribution in [2.75, 3.05) is 0 Å². The first-order valence-corrected chi connectivity index (χ1v) is 9.61. The summed E-state index contributed by atoms with van der Waals surface area (Å²) in [6.45, 7) is 4.17. The Bertz CT molecular complexity index is 288. The smallest absolute Gasteiger partial charge is 0.155 e. The van der Waals surface area contributed by atoms with Crippen LogP contribution in [0.3, 0.4) is 0 Å². The van der Waals surface area contributed by atoms with Crippen LogP contribution in [0.25, 0.3) is 0 Å². The van der Waals surface area contributed by atoms with Crippen molar-refractivity contribution in [3.63, 3.8) is 0 Å². The molecule has 0 aliphatic rings. The van der Waals surface area contributed by atoms with Gasteiger partial charge in [0, 0.05) is 6.42 Å². The van der Waals surface area contributed by atoms with Crippen LogP contribution in [0, 0.1) is 0 Å². The van der Waals surface area contributed by atoms with Gasteiger partial charge >= 0.3 is 0 Å². The van der Waals surface area contributed by atoms with Crippen molar-refractivity contribution in [1.29, 1.82) is 0 Å². The van der Waals surface area contributed by atoms with E-state index >= 15 is 0 Å². The molecule has 0 spiro atoms. The Hall–Kier alpha value is -0.850. The van der Waals surface area contributed by atoms with Gasteiger partial charge in [-0.25, -0.2) is 0 Å². The summed E-state index contributed by atoms with van der Waals surface area (Å²) in [4.78, 5) is 11.3. The summed E-state index contributed by atoms with van der Waals surface area (Å²) >= 11 is 0. The molecule has 0 heterocycles. The van der Waals surface area contributed by atoms with E-state index in [9.17, 15) is 4.79 Å². The fourth-order valence-corrected chi connectivity index (χ4v) is 2.64. The van der Waals surface area contributed by atoms with Crippen molar-refractivity contribution in [3.8, 4) is 0 Å². The van der Waals surface area contributed by atoms with E-state index in [1.807, 2.05) is 13.0 Å². The van der Waals surface area contributed by atoms with E-state index in [1.165, 1.54) is 77.0 Å². The SMILES string of the molecule is CC=CC(=O)CCCCCCCC=CCCCCCCCC. The fraction of sp³-hybridized carbons (Fsp3) is 0.762. The van der Waals surface area contributed by atoms with E-state index < -0.39 is 0 Å². The Kier molecular flexibility index (Phi) is 17.5. The Labute approximate surface area is 139 Å². The molecule has 0 aromatic carbocycles. The number of hydrogen-bond acceptors (Lipinski definition) is 1. The van der Waals surface area contributed by atoms with Crippen LogP contribution in [-0.2, 0) is 4.79 Å². The topological polar surface area (TPSA) is 17.1 Å². The van der Waals surface area contributed by atoms with Gasteiger partial charge < -0.3 is 0 Å². The van der Waals surface area contributed by atoms with Gasteiger partial charge in [0.2, 0.25) is 0 Å². The molecule has 0 aromatic heterocycles. The normalized spacial score (nSPS) is 11.7. The molecule has 0 N–H and O–H groups in total. The van der Waals surface area contributed by atoms with Gasteiger partial charge in [0.25, 0.3) is 0 Å². The molecule has 0 atom stereocenters. The van der Waals surface area contributed by atoms with Gasteiger partial charge in [-0.2, -0.15) is 0 Å². The second-order valence-electron chi connectivity index (χ2n) is 6.30. The number of unbranched alkanes of at least 4 members (excludes halogenated alkanes) is 11. The van der Waals surface area contributed by atoms with Crippen LogP contribution < -0.4 is 0 Å². The highest BCUT2D eigenvalue weighted by Gasteiger charge is 1.96. The third kappa shape index (κ3) is 17.2. The minimum atomic E-state index is 0.278. The number of carbonyl (C=O) groups excluding carboxylic acids is 1. The van der Waals surface area contributed by atoms with E-state index in [4.69, 9.17) is 0 Å². The molecule has 0 aromatic rings. The lowest BCUT2D eigenvalue weighted by molar-refractivity contribution is -0.114. The number of hydrogen-bond donors (Lipinski definition) is 0. The molecule has 1 nitrogen and oxygen atoms in total. The Morgan fingerprint density at radius 2 is 1.23 bits per heavy atom. The standard InChI is InChI=1S/C21H38O/c1-3-5-6-7-8-9-10-11-12-13-14-15-16-17-18-20-21(22)19-4-2/h4,11-12,19H,3,5-10,13-18,20H2,1-2H3. The second kappa shape index (κ2) is 18.2. The summed E-state index contributed by atoms with van der Waals surface area (Å²) in [5.74, 6) is 0.278. The molecule has 0 saturated carbocycles. The van der Waals surface area contributed by atoms with Crippen molar-refractivity contribution < 1.29 is 4.79 Å². The van der Waals surface area contributed by atoms with Gasteiger partial charge in [-0.05, 0) is 45.1 Å². The molecule has 0 amide bonds. The first-order valence-electron chi connectivity index (χ1n) is 9.61. The highest BCUT2D eigenvalue weighted by atomic mass is 16.1. The zero-order chi connectivity index (χ0) is 16.3. The molecule has 22 heavy (non-hydrogen) atoms. The van der Waals surface area contributed by atoms with Crippen LogP contribution >= 0.6 is 0 Å². The zero-order valence-electron chi connectivity index (χ0n) is 15.1. The van der Waals surface area contributed by atoms with Crippen molar-refractivity contribution >= 4 is 5.78 Å². The first-order chi connectivity index (χ1) is 10.8. The van der Waals surface area contributed by atoms with Crippen LogP contribution in [0.5, 0.6) is 0 Å². The van der Waals surface area contributed by atoms with E-state index in [-0.39, 0.29) is 5.78 Å². The van der Waals surface area contributed by atoms with Crippen LogP contribution in [0.1, 0.15) is 104 Å². The molecular formula is C21H38O. The highest BCUT2D eigenvalue weighted by Crippen LogP contribution is 2.10. The van der Waals surface area contributed by atoms with Gasteiger partial charge in [0.1, 0.15) is 0 Å². The van der Waals surface area contributed by atoms with E-state index in [1.54, 1.807) is 6.08 Å². The molecule has 0 fully saturated rings. The average molecular weight is 307 g/mol. The van der Waals surface area contributed by atoms with Crippen molar-refractivity contribution in [1.82, 2.24) is 0 Å². The zero-order valence-corrected chi connectivity index (χ0v) is 15.1. The van der Waals surface area contributed by atoms with Crippen LogP contribution in [0.15, 0.2) is 24.3 Å². The third-order valence-electron chi connectivity index (χ3n) is 4.04. The van der Waals surface area contributed by atoms with E-state index in [0.717, 1.165) is 12.8 Å². The number of allylic oxidation sites excluding steroid dienone is 4. The Morgan fingerprint density at radius 3 is 1.77 bits per heavy atom. The quantitative estimate of drug-likeness (QED) is 0.168. The van der Waals surface area contributed by atoms with Crippen LogP contribution in [0.2, 0.25) is 0 Å². The maximum atomic E-state index is 11.3. The van der Waals surface area contributed by atoms with Crippen LogP contribution in [-0.4, -0.2) is 5.78 Å². The predicted molar refractivity (Wildman–Crippen MR) is 99.3 cm³/mol. The first kappa shape index (κ1) is 21.1.